The maximum atomic E-state index is 9.55. The van der Waals surface area contributed by atoms with E-state index in [-0.39, 0.29) is 6.10 Å². The summed E-state index contributed by atoms with van der Waals surface area (Å²) in [5, 5.41) is 17.2. The van der Waals surface area contributed by atoms with Crippen molar-refractivity contribution in [3.05, 3.63) is 42.0 Å². The van der Waals surface area contributed by atoms with Gasteiger partial charge in [0.2, 0.25) is 0 Å². The van der Waals surface area contributed by atoms with Crippen LogP contribution < -0.4 is 10.6 Å². The summed E-state index contributed by atoms with van der Waals surface area (Å²) in [6.45, 7) is 0.643. The van der Waals surface area contributed by atoms with Crippen LogP contribution in [0.3, 0.4) is 0 Å². The lowest BCUT2D eigenvalue weighted by molar-refractivity contribution is -0.134. The fourth-order valence-corrected chi connectivity index (χ4v) is 1.56. The number of hydrazine groups is 1. The zero-order valence-electron chi connectivity index (χ0n) is 13.3. The number of likely N-dealkylation sites (N-methyl/N-ethyl adjacent to an activating group) is 1. The highest BCUT2D eigenvalue weighted by Gasteiger charge is 2.12. The molecule has 1 aromatic carbocycles. The van der Waals surface area contributed by atoms with Crippen LogP contribution in [0.5, 0.6) is 5.75 Å². The molecule has 4 N–H and O–H groups in total. The summed E-state index contributed by atoms with van der Waals surface area (Å²) >= 11 is 0. The summed E-state index contributed by atoms with van der Waals surface area (Å²) < 4.78 is 10.5. The van der Waals surface area contributed by atoms with E-state index in [9.17, 15) is 9.59 Å². The number of carboxylic acid groups (broad SMARTS) is 2. The van der Waals surface area contributed by atoms with Crippen molar-refractivity contribution in [2.24, 2.45) is 5.84 Å². The monoisotopic (exact) mass is 326 g/mol. The zero-order valence-corrected chi connectivity index (χ0v) is 13.3. The molecule has 1 atom stereocenters. The molecule has 128 valence electrons. The highest BCUT2D eigenvalue weighted by Crippen LogP contribution is 2.21. The minimum absolute atomic E-state index is 0.0323. The van der Waals surface area contributed by atoms with Crippen LogP contribution in [0, 0.1) is 0 Å². The fraction of sp³-hybridized carbons (Fsp3) is 0.333. The van der Waals surface area contributed by atoms with Gasteiger partial charge < -0.3 is 19.7 Å². The van der Waals surface area contributed by atoms with Crippen molar-refractivity contribution in [1.29, 1.82) is 0 Å². The smallest absolute Gasteiger partial charge is 0.328 e. The Bertz CT molecular complexity index is 514. The van der Waals surface area contributed by atoms with Gasteiger partial charge in [0.25, 0.3) is 0 Å². The minimum Gasteiger partial charge on any atom is -0.497 e. The third-order valence-electron chi connectivity index (χ3n) is 2.57. The summed E-state index contributed by atoms with van der Waals surface area (Å²) in [6, 6.07) is 7.80. The lowest BCUT2D eigenvalue weighted by Gasteiger charge is -2.20. The molecule has 0 aliphatic carbocycles. The molecule has 0 saturated carbocycles. The number of carboxylic acids is 2. The summed E-state index contributed by atoms with van der Waals surface area (Å²) in [7, 11) is 5.13. The van der Waals surface area contributed by atoms with Crippen LogP contribution in [0.15, 0.2) is 36.4 Å². The van der Waals surface area contributed by atoms with Gasteiger partial charge >= 0.3 is 11.9 Å². The van der Waals surface area contributed by atoms with E-state index in [1.807, 2.05) is 31.3 Å². The molecule has 0 aliphatic rings. The average molecular weight is 326 g/mol. The third kappa shape index (κ3) is 10.0. The minimum atomic E-state index is -1.26. The first kappa shape index (κ1) is 20.6. The maximum absolute atomic E-state index is 9.55. The number of hydrogen-bond donors (Lipinski definition) is 3. The van der Waals surface area contributed by atoms with Gasteiger partial charge in [0.05, 0.1) is 13.2 Å². The first-order chi connectivity index (χ1) is 10.8. The van der Waals surface area contributed by atoms with E-state index >= 15 is 0 Å². The molecular weight excluding hydrogens is 304 g/mol. The van der Waals surface area contributed by atoms with Gasteiger partial charge in [-0.2, -0.15) is 0 Å². The predicted octanol–water partition coefficient (Wildman–Crippen LogP) is 0.900. The molecule has 0 aliphatic heterocycles. The van der Waals surface area contributed by atoms with Gasteiger partial charge in [0, 0.05) is 32.9 Å². The standard InChI is InChI=1S/C11H18N2O2.C4H4O4/c1-13(12)8-11(15-3)9-5-4-6-10(7-9)14-2;5-3(6)1-2-4(7)8/h4-7,11H,8,12H2,1-3H3;1-2H,(H,5,6)(H,7,8)/b;2-1+. The highest BCUT2D eigenvalue weighted by molar-refractivity contribution is 5.89. The third-order valence-corrected chi connectivity index (χ3v) is 2.57. The number of ether oxygens (including phenoxy) is 2. The van der Waals surface area contributed by atoms with Crippen molar-refractivity contribution in [3.8, 4) is 5.75 Å². The molecule has 0 bridgehead atoms. The number of aliphatic carboxylic acids is 2. The lowest BCUT2D eigenvalue weighted by atomic mass is 10.1. The van der Waals surface area contributed by atoms with Crippen LogP contribution in [0.2, 0.25) is 0 Å². The van der Waals surface area contributed by atoms with Crippen LogP contribution in [0.1, 0.15) is 11.7 Å². The summed E-state index contributed by atoms with van der Waals surface area (Å²) in [4.78, 5) is 19.1. The molecular formula is C15H22N2O6. The first-order valence-corrected chi connectivity index (χ1v) is 6.56. The molecule has 0 fully saturated rings. The molecule has 0 heterocycles. The Balaban J connectivity index is 0.000000515. The van der Waals surface area contributed by atoms with Gasteiger partial charge in [0.1, 0.15) is 5.75 Å². The number of carbonyl (C=O) groups is 2. The molecule has 0 radical (unpaired) electrons. The Kier molecular flexibility index (Phi) is 10.0. The van der Waals surface area contributed by atoms with Crippen LogP contribution >= 0.6 is 0 Å². The van der Waals surface area contributed by atoms with E-state index in [4.69, 9.17) is 25.5 Å². The molecule has 0 spiro atoms. The van der Waals surface area contributed by atoms with Gasteiger partial charge in [-0.1, -0.05) is 12.1 Å². The molecule has 23 heavy (non-hydrogen) atoms. The maximum Gasteiger partial charge on any atom is 0.328 e. The number of methoxy groups -OCH3 is 2. The van der Waals surface area contributed by atoms with Gasteiger partial charge in [-0.25, -0.2) is 14.6 Å². The van der Waals surface area contributed by atoms with E-state index in [1.54, 1.807) is 19.2 Å². The van der Waals surface area contributed by atoms with E-state index in [0.717, 1.165) is 11.3 Å². The molecule has 0 amide bonds. The van der Waals surface area contributed by atoms with E-state index in [0.29, 0.717) is 18.7 Å². The molecule has 1 rings (SSSR count). The van der Waals surface area contributed by atoms with Gasteiger partial charge in [-0.15, -0.1) is 0 Å². The Hall–Kier alpha value is -2.42. The van der Waals surface area contributed by atoms with Crippen molar-refractivity contribution in [2.45, 2.75) is 6.10 Å². The summed E-state index contributed by atoms with van der Waals surface area (Å²) in [6.07, 6.45) is 1.08. The van der Waals surface area contributed by atoms with Crippen molar-refractivity contribution in [3.63, 3.8) is 0 Å². The number of hydrogen-bond acceptors (Lipinski definition) is 6. The largest absolute Gasteiger partial charge is 0.497 e. The molecule has 0 saturated heterocycles. The van der Waals surface area contributed by atoms with Crippen LogP contribution in [0.4, 0.5) is 0 Å². The quantitative estimate of drug-likeness (QED) is 0.384. The van der Waals surface area contributed by atoms with Crippen molar-refractivity contribution >= 4 is 11.9 Å². The topological polar surface area (TPSA) is 122 Å². The van der Waals surface area contributed by atoms with Crippen LogP contribution in [-0.4, -0.2) is 55.0 Å². The Labute approximate surface area is 134 Å². The Morgan fingerprint density at radius 1 is 1.26 bits per heavy atom. The lowest BCUT2D eigenvalue weighted by Crippen LogP contribution is -2.31. The number of benzene rings is 1. The Morgan fingerprint density at radius 3 is 2.22 bits per heavy atom. The highest BCUT2D eigenvalue weighted by atomic mass is 16.5. The molecule has 1 aromatic rings. The van der Waals surface area contributed by atoms with Crippen LogP contribution in [-0.2, 0) is 14.3 Å². The number of nitrogens with zero attached hydrogens (tertiary/aromatic N) is 1. The predicted molar refractivity (Wildman–Crippen MR) is 84.0 cm³/mol. The van der Waals surface area contributed by atoms with E-state index < -0.39 is 11.9 Å². The number of nitrogens with two attached hydrogens (primary N) is 1. The van der Waals surface area contributed by atoms with Gasteiger partial charge in [-0.3, -0.25) is 5.84 Å². The van der Waals surface area contributed by atoms with Crippen LogP contribution in [0.25, 0.3) is 0 Å². The van der Waals surface area contributed by atoms with E-state index in [1.165, 1.54) is 0 Å². The number of rotatable bonds is 7. The second kappa shape index (κ2) is 11.2. The van der Waals surface area contributed by atoms with Crippen molar-refractivity contribution in [1.82, 2.24) is 5.01 Å². The SMILES string of the molecule is COc1cccc(C(CN(C)N)OC)c1.O=C(O)/C=C/C(=O)O. The van der Waals surface area contributed by atoms with Gasteiger partial charge in [-0.05, 0) is 17.7 Å². The molecule has 8 nitrogen and oxygen atoms in total. The average Bonchev–Trinajstić information content (AvgIpc) is 2.51. The van der Waals surface area contributed by atoms with Crippen molar-refractivity contribution < 1.29 is 29.3 Å². The normalized spacial score (nSPS) is 11.7. The first-order valence-electron chi connectivity index (χ1n) is 6.56. The molecule has 0 aromatic heterocycles. The second-order valence-corrected chi connectivity index (χ2v) is 4.45. The molecule has 1 unspecified atom stereocenters. The summed E-state index contributed by atoms with van der Waals surface area (Å²) in [5.41, 5.74) is 1.06. The Morgan fingerprint density at radius 2 is 1.83 bits per heavy atom. The molecule has 8 heteroatoms. The summed E-state index contributed by atoms with van der Waals surface area (Å²) in [5.74, 6) is 3.91. The fourth-order valence-electron chi connectivity index (χ4n) is 1.56. The van der Waals surface area contributed by atoms with Crippen molar-refractivity contribution in [2.75, 3.05) is 27.8 Å². The second-order valence-electron chi connectivity index (χ2n) is 4.45. The zero-order chi connectivity index (χ0) is 17.8. The van der Waals surface area contributed by atoms with Gasteiger partial charge in [0.15, 0.2) is 0 Å². The van der Waals surface area contributed by atoms with E-state index in [2.05, 4.69) is 0 Å².